The van der Waals surface area contributed by atoms with Crippen LogP contribution < -0.4 is 4.72 Å². The number of carbonyl (C=O) groups is 1. The maximum atomic E-state index is 12.3. The SMILES string of the molecule is Cc1oc(C(=O)O)cc1S(=O)(=O)NCC1C(C)(C)C1(C)C. The van der Waals surface area contributed by atoms with E-state index in [1.54, 1.807) is 0 Å². The summed E-state index contributed by atoms with van der Waals surface area (Å²) in [6.45, 7) is 10.2. The molecule has 0 bridgehead atoms. The first-order valence-electron chi connectivity index (χ1n) is 6.74. The number of furan rings is 1. The minimum Gasteiger partial charge on any atom is -0.475 e. The third kappa shape index (κ3) is 2.48. The van der Waals surface area contributed by atoms with Gasteiger partial charge in [-0.2, -0.15) is 0 Å². The molecule has 118 valence electrons. The molecular weight excluding hydrogens is 294 g/mol. The van der Waals surface area contributed by atoms with Gasteiger partial charge in [-0.1, -0.05) is 27.7 Å². The Labute approximate surface area is 124 Å². The fraction of sp³-hybridized carbons (Fsp3) is 0.643. The van der Waals surface area contributed by atoms with Gasteiger partial charge in [-0.05, 0) is 23.7 Å². The van der Waals surface area contributed by atoms with Gasteiger partial charge in [0.2, 0.25) is 15.8 Å². The predicted molar refractivity (Wildman–Crippen MR) is 76.6 cm³/mol. The van der Waals surface area contributed by atoms with Crippen LogP contribution in [-0.2, 0) is 10.0 Å². The van der Waals surface area contributed by atoms with E-state index in [0.717, 1.165) is 6.07 Å². The van der Waals surface area contributed by atoms with Crippen molar-refractivity contribution in [1.82, 2.24) is 4.72 Å². The standard InChI is InChI=1S/C14H21NO5S/c1-8-10(6-9(20-8)12(16)17)21(18,19)15-7-11-13(2,3)14(11,4)5/h6,11,15H,7H2,1-5H3,(H,16,17). The minimum absolute atomic E-state index is 0.0766. The highest BCUT2D eigenvalue weighted by atomic mass is 32.2. The van der Waals surface area contributed by atoms with E-state index < -0.39 is 16.0 Å². The van der Waals surface area contributed by atoms with Gasteiger partial charge in [-0.3, -0.25) is 0 Å². The second kappa shape index (κ2) is 4.58. The lowest BCUT2D eigenvalue weighted by molar-refractivity contribution is 0.0661. The molecule has 1 aliphatic rings. The summed E-state index contributed by atoms with van der Waals surface area (Å²) in [5.74, 6) is -1.34. The van der Waals surface area contributed by atoms with Crippen molar-refractivity contribution >= 4 is 16.0 Å². The fourth-order valence-corrected chi connectivity index (χ4v) is 4.18. The van der Waals surface area contributed by atoms with Crippen molar-refractivity contribution in [3.63, 3.8) is 0 Å². The van der Waals surface area contributed by atoms with Gasteiger partial charge in [0.1, 0.15) is 10.7 Å². The van der Waals surface area contributed by atoms with E-state index >= 15 is 0 Å². The van der Waals surface area contributed by atoms with Crippen LogP contribution in [-0.4, -0.2) is 26.0 Å². The number of hydrogen-bond acceptors (Lipinski definition) is 4. The minimum atomic E-state index is -3.77. The van der Waals surface area contributed by atoms with E-state index in [9.17, 15) is 13.2 Å². The lowest BCUT2D eigenvalue weighted by Gasteiger charge is -2.06. The second-order valence-electron chi connectivity index (χ2n) is 6.68. The molecule has 2 rings (SSSR count). The number of aromatic carboxylic acids is 1. The highest BCUT2D eigenvalue weighted by Crippen LogP contribution is 2.67. The van der Waals surface area contributed by atoms with Crippen LogP contribution in [0.25, 0.3) is 0 Å². The lowest BCUT2D eigenvalue weighted by atomic mass is 10.0. The quantitative estimate of drug-likeness (QED) is 0.868. The molecule has 1 aromatic heterocycles. The van der Waals surface area contributed by atoms with E-state index in [2.05, 4.69) is 32.4 Å². The van der Waals surface area contributed by atoms with Crippen LogP contribution in [0.15, 0.2) is 15.4 Å². The van der Waals surface area contributed by atoms with Crippen LogP contribution in [0.5, 0.6) is 0 Å². The Hall–Kier alpha value is -1.34. The average molecular weight is 315 g/mol. The number of aryl methyl sites for hydroxylation is 1. The molecule has 6 nitrogen and oxygen atoms in total. The number of nitrogens with one attached hydrogen (secondary N) is 1. The first-order valence-corrected chi connectivity index (χ1v) is 8.23. The van der Waals surface area contributed by atoms with Gasteiger partial charge in [0.05, 0.1) is 0 Å². The smallest absolute Gasteiger partial charge is 0.371 e. The van der Waals surface area contributed by atoms with E-state index in [-0.39, 0.29) is 33.2 Å². The number of carboxylic acids is 1. The fourth-order valence-electron chi connectivity index (χ4n) is 2.95. The number of rotatable bonds is 5. The summed E-state index contributed by atoms with van der Waals surface area (Å²) in [6, 6.07) is 1.04. The Kier molecular flexibility index (Phi) is 3.50. The Morgan fingerprint density at radius 2 is 1.86 bits per heavy atom. The molecule has 0 unspecified atom stereocenters. The normalized spacial score (nSPS) is 20.4. The molecule has 1 aliphatic carbocycles. The van der Waals surface area contributed by atoms with Gasteiger partial charge in [-0.15, -0.1) is 0 Å². The summed E-state index contributed by atoms with van der Waals surface area (Å²) in [6.07, 6.45) is 0. The van der Waals surface area contributed by atoms with Crippen molar-refractivity contribution in [1.29, 1.82) is 0 Å². The predicted octanol–water partition coefficient (Wildman–Crippen LogP) is 2.25. The molecule has 1 aromatic rings. The summed E-state index contributed by atoms with van der Waals surface area (Å²) in [5, 5.41) is 8.84. The van der Waals surface area contributed by atoms with Crippen molar-refractivity contribution in [2.75, 3.05) is 6.54 Å². The van der Waals surface area contributed by atoms with Crippen molar-refractivity contribution in [3.8, 4) is 0 Å². The molecule has 0 aliphatic heterocycles. The van der Waals surface area contributed by atoms with E-state index in [0.29, 0.717) is 6.54 Å². The molecule has 0 amide bonds. The molecule has 1 fully saturated rings. The molecular formula is C14H21NO5S. The molecule has 0 aromatic carbocycles. The summed E-state index contributed by atoms with van der Waals surface area (Å²) >= 11 is 0. The molecule has 0 saturated heterocycles. The molecule has 0 spiro atoms. The highest BCUT2D eigenvalue weighted by Gasteiger charge is 2.64. The first-order chi connectivity index (χ1) is 9.41. The van der Waals surface area contributed by atoms with Crippen LogP contribution in [0.1, 0.15) is 44.0 Å². The van der Waals surface area contributed by atoms with Gasteiger partial charge in [0, 0.05) is 12.6 Å². The third-order valence-electron chi connectivity index (χ3n) is 5.17. The van der Waals surface area contributed by atoms with Gasteiger partial charge in [0.25, 0.3) is 0 Å². The molecule has 0 radical (unpaired) electrons. The van der Waals surface area contributed by atoms with Crippen molar-refractivity contribution < 1.29 is 22.7 Å². The summed E-state index contributed by atoms with van der Waals surface area (Å²) in [4.78, 5) is 10.7. The third-order valence-corrected chi connectivity index (χ3v) is 6.70. The molecule has 2 N–H and O–H groups in total. The van der Waals surface area contributed by atoms with E-state index in [1.165, 1.54) is 6.92 Å². The van der Waals surface area contributed by atoms with Crippen molar-refractivity contribution in [2.24, 2.45) is 16.7 Å². The van der Waals surface area contributed by atoms with Crippen LogP contribution >= 0.6 is 0 Å². The Morgan fingerprint density at radius 1 is 1.33 bits per heavy atom. The van der Waals surface area contributed by atoms with E-state index in [4.69, 9.17) is 9.52 Å². The topological polar surface area (TPSA) is 96.6 Å². The van der Waals surface area contributed by atoms with Crippen LogP contribution in [0, 0.1) is 23.7 Å². The monoisotopic (exact) mass is 315 g/mol. The van der Waals surface area contributed by atoms with Crippen LogP contribution in [0.2, 0.25) is 0 Å². The zero-order chi connectivity index (χ0) is 16.2. The van der Waals surface area contributed by atoms with E-state index in [1.807, 2.05) is 0 Å². The van der Waals surface area contributed by atoms with Crippen LogP contribution in [0.4, 0.5) is 0 Å². The average Bonchev–Trinajstić information content (AvgIpc) is 2.63. The summed E-state index contributed by atoms with van der Waals surface area (Å²) in [5.41, 5.74) is 0.153. The largest absolute Gasteiger partial charge is 0.475 e. The first kappa shape index (κ1) is 16.0. The Balaban J connectivity index is 2.15. The molecule has 1 heterocycles. The molecule has 21 heavy (non-hydrogen) atoms. The molecule has 1 saturated carbocycles. The number of sulfonamides is 1. The van der Waals surface area contributed by atoms with Gasteiger partial charge >= 0.3 is 5.97 Å². The van der Waals surface area contributed by atoms with Crippen molar-refractivity contribution in [2.45, 2.75) is 39.5 Å². The summed E-state index contributed by atoms with van der Waals surface area (Å²) < 4.78 is 32.1. The number of carboxylic acid groups (broad SMARTS) is 1. The maximum Gasteiger partial charge on any atom is 0.371 e. The van der Waals surface area contributed by atoms with Gasteiger partial charge < -0.3 is 9.52 Å². The van der Waals surface area contributed by atoms with Crippen LogP contribution in [0.3, 0.4) is 0 Å². The zero-order valence-electron chi connectivity index (χ0n) is 12.9. The zero-order valence-corrected chi connectivity index (χ0v) is 13.7. The van der Waals surface area contributed by atoms with Gasteiger partial charge in [-0.25, -0.2) is 17.9 Å². The molecule has 0 atom stereocenters. The highest BCUT2D eigenvalue weighted by molar-refractivity contribution is 7.89. The molecule has 7 heteroatoms. The maximum absolute atomic E-state index is 12.3. The van der Waals surface area contributed by atoms with Gasteiger partial charge in [0.15, 0.2) is 0 Å². The lowest BCUT2D eigenvalue weighted by Crippen LogP contribution is -2.27. The Morgan fingerprint density at radius 3 is 2.24 bits per heavy atom. The summed E-state index contributed by atoms with van der Waals surface area (Å²) in [7, 11) is -3.77. The Bertz CT molecular complexity index is 670. The van der Waals surface area contributed by atoms with Crippen molar-refractivity contribution in [3.05, 3.63) is 17.6 Å². The number of hydrogen-bond donors (Lipinski definition) is 2. The second-order valence-corrected chi connectivity index (χ2v) is 8.42.